The minimum Gasteiger partial charge on any atom is -0.493 e. The van der Waals surface area contributed by atoms with Crippen molar-refractivity contribution < 1.29 is 23.7 Å². The summed E-state index contributed by atoms with van der Waals surface area (Å²) < 4.78 is 22.0. The van der Waals surface area contributed by atoms with Crippen LogP contribution in [0.25, 0.3) is 0 Å². The first-order valence-electron chi connectivity index (χ1n) is 9.85. The van der Waals surface area contributed by atoms with E-state index in [1.54, 1.807) is 32.7 Å². The fourth-order valence-corrected chi connectivity index (χ4v) is 4.29. The molecule has 1 unspecified atom stereocenters. The Bertz CT molecular complexity index is 762. The van der Waals surface area contributed by atoms with E-state index in [4.69, 9.17) is 18.9 Å². The lowest BCUT2D eigenvalue weighted by molar-refractivity contribution is -0.133. The number of benzene rings is 1. The zero-order valence-electron chi connectivity index (χ0n) is 17.3. The second kappa shape index (κ2) is 10.5. The van der Waals surface area contributed by atoms with Gasteiger partial charge in [-0.05, 0) is 48.4 Å². The van der Waals surface area contributed by atoms with Crippen molar-refractivity contribution in [2.45, 2.75) is 38.3 Å². The molecular formula is C22H29NO5S. The Balaban J connectivity index is 1.68. The van der Waals surface area contributed by atoms with Gasteiger partial charge in [-0.2, -0.15) is 0 Å². The van der Waals surface area contributed by atoms with E-state index in [0.29, 0.717) is 43.2 Å². The maximum atomic E-state index is 13.1. The van der Waals surface area contributed by atoms with Gasteiger partial charge in [-0.1, -0.05) is 6.07 Å². The Morgan fingerprint density at radius 2 is 1.97 bits per heavy atom. The number of carbonyl (C=O) groups excluding carboxylic acids is 1. The number of nitrogens with zero attached hydrogens (tertiary/aromatic N) is 1. The maximum absolute atomic E-state index is 13.1. The van der Waals surface area contributed by atoms with Crippen LogP contribution >= 0.6 is 11.3 Å². The second-order valence-corrected chi connectivity index (χ2v) is 8.05. The first kappa shape index (κ1) is 21.5. The van der Waals surface area contributed by atoms with Crippen LogP contribution in [0.1, 0.15) is 29.7 Å². The van der Waals surface area contributed by atoms with Crippen LogP contribution in [0, 0.1) is 0 Å². The monoisotopic (exact) mass is 419 g/mol. The molecule has 0 aliphatic carbocycles. The third-order valence-corrected chi connectivity index (χ3v) is 5.94. The van der Waals surface area contributed by atoms with Gasteiger partial charge in [-0.3, -0.25) is 4.79 Å². The van der Waals surface area contributed by atoms with Gasteiger partial charge in [0.15, 0.2) is 11.5 Å². The van der Waals surface area contributed by atoms with Gasteiger partial charge in [0.2, 0.25) is 11.7 Å². The van der Waals surface area contributed by atoms with Gasteiger partial charge in [0.05, 0.1) is 34.0 Å². The molecule has 1 atom stereocenters. The smallest absolute Gasteiger partial charge is 0.223 e. The molecule has 0 spiro atoms. The van der Waals surface area contributed by atoms with E-state index in [2.05, 4.69) is 6.07 Å². The Morgan fingerprint density at radius 3 is 2.52 bits per heavy atom. The van der Waals surface area contributed by atoms with Crippen molar-refractivity contribution in [1.29, 1.82) is 0 Å². The number of rotatable bonds is 10. The molecule has 1 aliphatic heterocycles. The van der Waals surface area contributed by atoms with Crippen LogP contribution in [-0.4, -0.2) is 51.4 Å². The van der Waals surface area contributed by atoms with E-state index in [0.717, 1.165) is 25.0 Å². The van der Waals surface area contributed by atoms with Crippen molar-refractivity contribution in [2.75, 3.05) is 34.5 Å². The zero-order chi connectivity index (χ0) is 20.6. The SMILES string of the molecule is COc1cc(CCC(=O)N(Cc2cccs2)CC2CCCO2)cc(OC)c1OC. The molecular weight excluding hydrogens is 390 g/mol. The quantitative estimate of drug-likeness (QED) is 0.584. The summed E-state index contributed by atoms with van der Waals surface area (Å²) in [5.41, 5.74) is 0.973. The van der Waals surface area contributed by atoms with Crippen molar-refractivity contribution in [3.63, 3.8) is 0 Å². The second-order valence-electron chi connectivity index (χ2n) is 7.02. The lowest BCUT2D eigenvalue weighted by atomic mass is 10.1. The highest BCUT2D eigenvalue weighted by molar-refractivity contribution is 7.09. The van der Waals surface area contributed by atoms with Crippen molar-refractivity contribution in [1.82, 2.24) is 4.90 Å². The Morgan fingerprint density at radius 1 is 1.21 bits per heavy atom. The van der Waals surface area contributed by atoms with Crippen LogP contribution in [0.2, 0.25) is 0 Å². The molecule has 0 N–H and O–H groups in total. The van der Waals surface area contributed by atoms with Crippen molar-refractivity contribution in [3.05, 3.63) is 40.1 Å². The fraction of sp³-hybridized carbons (Fsp3) is 0.500. The largest absolute Gasteiger partial charge is 0.493 e. The van der Waals surface area contributed by atoms with Gasteiger partial charge >= 0.3 is 0 Å². The molecule has 0 bridgehead atoms. The van der Waals surface area contributed by atoms with Crippen LogP contribution in [0.15, 0.2) is 29.6 Å². The third kappa shape index (κ3) is 5.64. The average Bonchev–Trinajstić information content (AvgIpc) is 3.44. The zero-order valence-corrected chi connectivity index (χ0v) is 18.1. The summed E-state index contributed by atoms with van der Waals surface area (Å²) in [6, 6.07) is 7.89. The molecule has 1 saturated heterocycles. The highest BCUT2D eigenvalue weighted by atomic mass is 32.1. The predicted molar refractivity (Wildman–Crippen MR) is 113 cm³/mol. The minimum atomic E-state index is 0.127. The lowest BCUT2D eigenvalue weighted by Crippen LogP contribution is -2.36. The first-order valence-corrected chi connectivity index (χ1v) is 10.7. The van der Waals surface area contributed by atoms with Crippen LogP contribution in [0.5, 0.6) is 17.2 Å². The number of aryl methyl sites for hydroxylation is 1. The van der Waals surface area contributed by atoms with Gasteiger partial charge in [0, 0.05) is 24.4 Å². The maximum Gasteiger partial charge on any atom is 0.223 e. The molecule has 6 nitrogen and oxygen atoms in total. The van der Waals surface area contributed by atoms with E-state index < -0.39 is 0 Å². The summed E-state index contributed by atoms with van der Waals surface area (Å²) in [5.74, 6) is 1.89. The molecule has 29 heavy (non-hydrogen) atoms. The van der Waals surface area contributed by atoms with Gasteiger partial charge in [0.1, 0.15) is 0 Å². The van der Waals surface area contributed by atoms with Crippen molar-refractivity contribution in [3.8, 4) is 17.2 Å². The predicted octanol–water partition coefficient (Wildman–Crippen LogP) is 3.91. The molecule has 2 heterocycles. The van der Waals surface area contributed by atoms with E-state index >= 15 is 0 Å². The molecule has 0 saturated carbocycles. The van der Waals surface area contributed by atoms with Crippen LogP contribution < -0.4 is 14.2 Å². The molecule has 3 rings (SSSR count). The summed E-state index contributed by atoms with van der Waals surface area (Å²) in [4.78, 5) is 16.2. The normalized spacial score (nSPS) is 15.9. The van der Waals surface area contributed by atoms with E-state index in [-0.39, 0.29) is 12.0 Å². The highest BCUT2D eigenvalue weighted by Gasteiger charge is 2.23. The molecule has 1 aromatic heterocycles. The summed E-state index contributed by atoms with van der Waals surface area (Å²) >= 11 is 1.67. The van der Waals surface area contributed by atoms with Gasteiger partial charge in [0.25, 0.3) is 0 Å². The van der Waals surface area contributed by atoms with Gasteiger partial charge in [-0.15, -0.1) is 11.3 Å². The summed E-state index contributed by atoms with van der Waals surface area (Å²) in [7, 11) is 4.77. The molecule has 1 fully saturated rings. The molecule has 7 heteroatoms. The van der Waals surface area contributed by atoms with Crippen LogP contribution in [0.3, 0.4) is 0 Å². The fourth-order valence-electron chi connectivity index (χ4n) is 3.57. The number of hydrogen-bond donors (Lipinski definition) is 0. The Kier molecular flexibility index (Phi) is 7.77. The molecule has 158 valence electrons. The summed E-state index contributed by atoms with van der Waals surface area (Å²) in [6.07, 6.45) is 3.23. The summed E-state index contributed by atoms with van der Waals surface area (Å²) in [6.45, 7) is 2.06. The van der Waals surface area contributed by atoms with Gasteiger partial charge in [-0.25, -0.2) is 0 Å². The summed E-state index contributed by atoms with van der Waals surface area (Å²) in [5, 5.41) is 2.04. The van der Waals surface area contributed by atoms with Crippen LogP contribution in [-0.2, 0) is 22.5 Å². The highest BCUT2D eigenvalue weighted by Crippen LogP contribution is 2.38. The van der Waals surface area contributed by atoms with Gasteiger partial charge < -0.3 is 23.8 Å². The molecule has 1 aromatic carbocycles. The number of amides is 1. The third-order valence-electron chi connectivity index (χ3n) is 5.08. The van der Waals surface area contributed by atoms with E-state index in [9.17, 15) is 4.79 Å². The molecule has 1 aliphatic rings. The molecule has 1 amide bonds. The average molecular weight is 420 g/mol. The lowest BCUT2D eigenvalue weighted by Gasteiger charge is -2.25. The number of ether oxygens (including phenoxy) is 4. The number of hydrogen-bond acceptors (Lipinski definition) is 6. The van der Waals surface area contributed by atoms with Crippen molar-refractivity contribution >= 4 is 17.2 Å². The number of thiophene rings is 1. The molecule has 0 radical (unpaired) electrons. The number of methoxy groups -OCH3 is 3. The topological polar surface area (TPSA) is 57.2 Å². The molecule has 2 aromatic rings. The van der Waals surface area contributed by atoms with E-state index in [1.807, 2.05) is 28.5 Å². The standard InChI is InChI=1S/C22H29NO5S/c1-25-19-12-16(13-20(26-2)22(19)27-3)8-9-21(24)23(14-17-6-4-10-28-17)15-18-7-5-11-29-18/h5,7,11-13,17H,4,6,8-10,14-15H2,1-3H3. The van der Waals surface area contributed by atoms with E-state index in [1.165, 1.54) is 4.88 Å². The van der Waals surface area contributed by atoms with Crippen molar-refractivity contribution in [2.24, 2.45) is 0 Å². The Hall–Kier alpha value is -2.25. The number of carbonyl (C=O) groups is 1. The van der Waals surface area contributed by atoms with Crippen LogP contribution in [0.4, 0.5) is 0 Å². The minimum absolute atomic E-state index is 0.127. The first-order chi connectivity index (χ1) is 14.1. The Labute approximate surface area is 176 Å².